The average molecular weight is 495 g/mol. The van der Waals surface area contributed by atoms with Gasteiger partial charge in [0.05, 0.1) is 22.1 Å². The van der Waals surface area contributed by atoms with E-state index in [9.17, 15) is 0 Å². The first-order valence-corrected chi connectivity index (χ1v) is 13.3. The summed E-state index contributed by atoms with van der Waals surface area (Å²) in [5.74, 6) is 2.63. The number of nitrogens with zero attached hydrogens (tertiary/aromatic N) is 5. The largest absolute Gasteiger partial charge is 0.295 e. The van der Waals surface area contributed by atoms with Gasteiger partial charge in [-0.15, -0.1) is 0 Å². The molecule has 0 fully saturated rings. The van der Waals surface area contributed by atoms with Crippen LogP contribution in [0.2, 0.25) is 0 Å². The molecular formula is C33H18BN5. The molecule has 0 spiro atoms. The van der Waals surface area contributed by atoms with E-state index >= 15 is 0 Å². The maximum absolute atomic E-state index is 5.33. The summed E-state index contributed by atoms with van der Waals surface area (Å²) in [5, 5.41) is 5.01. The van der Waals surface area contributed by atoms with Crippen LogP contribution in [0, 0.1) is 0 Å². The highest BCUT2D eigenvalue weighted by molar-refractivity contribution is 7.00. The minimum absolute atomic E-state index is 0.0440. The zero-order chi connectivity index (χ0) is 25.2. The van der Waals surface area contributed by atoms with E-state index in [0.717, 1.165) is 22.7 Å². The van der Waals surface area contributed by atoms with Gasteiger partial charge in [-0.25, -0.2) is 9.97 Å². The molecule has 2 aliphatic rings. The number of hydrogen-bond acceptors (Lipinski definition) is 3. The van der Waals surface area contributed by atoms with Crippen LogP contribution in [0.4, 0.5) is 0 Å². The Hall–Kier alpha value is -5.23. The molecule has 0 aliphatic carbocycles. The summed E-state index contributed by atoms with van der Waals surface area (Å²) in [5.41, 5.74) is 9.55. The van der Waals surface area contributed by atoms with Crippen LogP contribution in [0.3, 0.4) is 0 Å². The third kappa shape index (κ3) is 2.28. The van der Waals surface area contributed by atoms with Gasteiger partial charge in [0.15, 0.2) is 5.82 Å². The van der Waals surface area contributed by atoms with Crippen LogP contribution >= 0.6 is 0 Å². The molecule has 39 heavy (non-hydrogen) atoms. The molecule has 5 nitrogen and oxygen atoms in total. The molecule has 4 aromatic heterocycles. The fourth-order valence-corrected chi connectivity index (χ4v) is 7.15. The number of aromatic nitrogens is 5. The van der Waals surface area contributed by atoms with E-state index in [0.29, 0.717) is 5.82 Å². The SMILES string of the molecule is c1ccc2c(c1)c1cccc3c1n2-c1nc(-c2ccncc2)nc2c1B3c1cccc3c4ccccc4n-2c13. The molecule has 8 aromatic rings. The Morgan fingerprint density at radius 2 is 1.03 bits per heavy atom. The topological polar surface area (TPSA) is 48.5 Å². The predicted octanol–water partition coefficient (Wildman–Crippen LogP) is 4.88. The molecule has 2 aliphatic heterocycles. The van der Waals surface area contributed by atoms with Gasteiger partial charge in [0.2, 0.25) is 0 Å². The molecule has 0 saturated carbocycles. The maximum Gasteiger partial charge on any atom is 0.256 e. The molecule has 6 heterocycles. The molecule has 4 aromatic carbocycles. The zero-order valence-electron chi connectivity index (χ0n) is 20.7. The lowest BCUT2D eigenvalue weighted by Crippen LogP contribution is -2.60. The van der Waals surface area contributed by atoms with Gasteiger partial charge in [0.1, 0.15) is 11.6 Å². The van der Waals surface area contributed by atoms with Gasteiger partial charge in [0, 0.05) is 45.0 Å². The Labute approximate surface area is 223 Å². The molecule has 178 valence electrons. The van der Waals surface area contributed by atoms with Crippen LogP contribution in [0.15, 0.2) is 109 Å². The van der Waals surface area contributed by atoms with Crippen molar-refractivity contribution < 1.29 is 0 Å². The van der Waals surface area contributed by atoms with E-state index < -0.39 is 0 Å². The van der Waals surface area contributed by atoms with Crippen LogP contribution < -0.4 is 16.4 Å². The monoisotopic (exact) mass is 495 g/mol. The van der Waals surface area contributed by atoms with Crippen molar-refractivity contribution in [3.05, 3.63) is 109 Å². The summed E-state index contributed by atoms with van der Waals surface area (Å²) in [6, 6.07) is 34.8. The minimum atomic E-state index is 0.0440. The molecule has 0 radical (unpaired) electrons. The van der Waals surface area contributed by atoms with E-state index in [2.05, 4.69) is 99.0 Å². The van der Waals surface area contributed by atoms with Gasteiger partial charge in [-0.3, -0.25) is 14.1 Å². The number of benzene rings is 4. The second kappa shape index (κ2) is 6.80. The Morgan fingerprint density at radius 3 is 1.59 bits per heavy atom. The first-order valence-electron chi connectivity index (χ1n) is 13.3. The summed E-state index contributed by atoms with van der Waals surface area (Å²) in [6.45, 7) is 0.0440. The van der Waals surface area contributed by atoms with Crippen molar-refractivity contribution in [2.45, 2.75) is 0 Å². The van der Waals surface area contributed by atoms with Crippen molar-refractivity contribution in [3.8, 4) is 23.0 Å². The highest BCUT2D eigenvalue weighted by Gasteiger charge is 2.42. The third-order valence-corrected chi connectivity index (χ3v) is 8.63. The molecule has 0 unspecified atom stereocenters. The summed E-state index contributed by atoms with van der Waals surface area (Å²) in [4.78, 5) is 14.9. The number of pyridine rings is 1. The predicted molar refractivity (Wildman–Crippen MR) is 159 cm³/mol. The van der Waals surface area contributed by atoms with Crippen molar-refractivity contribution >= 4 is 66.7 Å². The van der Waals surface area contributed by atoms with Gasteiger partial charge < -0.3 is 0 Å². The van der Waals surface area contributed by atoms with Crippen molar-refractivity contribution in [3.63, 3.8) is 0 Å². The van der Waals surface area contributed by atoms with Crippen molar-refractivity contribution in [1.82, 2.24) is 24.1 Å². The summed E-state index contributed by atoms with van der Waals surface area (Å²) in [6.07, 6.45) is 3.62. The quantitative estimate of drug-likeness (QED) is 0.305. The van der Waals surface area contributed by atoms with E-state index in [-0.39, 0.29) is 6.71 Å². The van der Waals surface area contributed by atoms with Gasteiger partial charge >= 0.3 is 0 Å². The lowest BCUT2D eigenvalue weighted by molar-refractivity contribution is 1.00. The molecule has 0 atom stereocenters. The highest BCUT2D eigenvalue weighted by Crippen LogP contribution is 2.38. The molecular weight excluding hydrogens is 477 g/mol. The average Bonchev–Trinajstić information content (AvgIpc) is 3.52. The van der Waals surface area contributed by atoms with Crippen LogP contribution in [0.5, 0.6) is 0 Å². The standard InChI is InChI=1S/C33H18BN5/c1-3-13-26-20(7-1)22-9-5-11-24-29(22)38(26)32-28-33(37-31(36-32)19-15-17-35-18-16-19)39-27-14-4-2-8-21(27)23-10-6-12-25(30(23)39)34(24)28/h1-18H. The smallest absolute Gasteiger partial charge is 0.256 e. The van der Waals surface area contributed by atoms with Gasteiger partial charge in [0.25, 0.3) is 6.71 Å². The van der Waals surface area contributed by atoms with Crippen LogP contribution in [-0.2, 0) is 0 Å². The summed E-state index contributed by atoms with van der Waals surface area (Å²) < 4.78 is 4.75. The Balaban J connectivity index is 1.49. The normalized spacial score (nSPS) is 13.1. The van der Waals surface area contributed by atoms with Crippen LogP contribution in [0.1, 0.15) is 0 Å². The molecule has 6 heteroatoms. The lowest BCUT2D eigenvalue weighted by Gasteiger charge is -2.32. The van der Waals surface area contributed by atoms with E-state index in [1.165, 1.54) is 54.5 Å². The maximum atomic E-state index is 5.33. The Bertz CT molecular complexity index is 2210. The molecule has 10 rings (SSSR count). The van der Waals surface area contributed by atoms with Gasteiger partial charge in [-0.1, -0.05) is 72.8 Å². The number of fused-ring (bicyclic) bond motifs is 10. The fraction of sp³-hybridized carbons (Fsp3) is 0. The zero-order valence-corrected chi connectivity index (χ0v) is 20.7. The third-order valence-electron chi connectivity index (χ3n) is 8.63. The second-order valence-corrected chi connectivity index (χ2v) is 10.5. The molecule has 0 saturated heterocycles. The van der Waals surface area contributed by atoms with Crippen molar-refractivity contribution in [2.24, 2.45) is 0 Å². The first-order chi connectivity index (χ1) is 19.4. The van der Waals surface area contributed by atoms with Crippen molar-refractivity contribution in [2.75, 3.05) is 0 Å². The second-order valence-electron chi connectivity index (χ2n) is 10.5. The Kier molecular flexibility index (Phi) is 3.46. The van der Waals surface area contributed by atoms with Crippen LogP contribution in [0.25, 0.3) is 66.6 Å². The van der Waals surface area contributed by atoms with Gasteiger partial charge in [-0.2, -0.15) is 0 Å². The van der Waals surface area contributed by atoms with E-state index in [1.54, 1.807) is 0 Å². The number of rotatable bonds is 1. The number of para-hydroxylation sites is 4. The lowest BCUT2D eigenvalue weighted by atomic mass is 9.35. The molecule has 0 amide bonds. The Morgan fingerprint density at radius 1 is 0.513 bits per heavy atom. The highest BCUT2D eigenvalue weighted by atomic mass is 15.2. The molecule has 0 bridgehead atoms. The summed E-state index contributed by atoms with van der Waals surface area (Å²) in [7, 11) is 0. The number of hydrogen-bond donors (Lipinski definition) is 0. The minimum Gasteiger partial charge on any atom is -0.295 e. The first kappa shape index (κ1) is 19.8. The summed E-state index contributed by atoms with van der Waals surface area (Å²) >= 11 is 0. The fourth-order valence-electron chi connectivity index (χ4n) is 7.15. The van der Waals surface area contributed by atoms with E-state index in [4.69, 9.17) is 9.97 Å². The molecule has 0 N–H and O–H groups in total. The van der Waals surface area contributed by atoms with Crippen molar-refractivity contribution in [1.29, 1.82) is 0 Å². The van der Waals surface area contributed by atoms with Gasteiger partial charge in [-0.05, 0) is 35.2 Å². The van der Waals surface area contributed by atoms with E-state index in [1.807, 2.05) is 24.5 Å². The van der Waals surface area contributed by atoms with Crippen LogP contribution in [-0.4, -0.2) is 30.8 Å².